The molecular formula is C13H17BClFO2. The Balaban J connectivity index is 2.36. The smallest absolute Gasteiger partial charge is 0.399 e. The third kappa shape index (κ3) is 2.17. The fourth-order valence-corrected chi connectivity index (χ4v) is 2.14. The van der Waals surface area contributed by atoms with Crippen LogP contribution >= 0.6 is 11.6 Å². The van der Waals surface area contributed by atoms with Crippen molar-refractivity contribution >= 4 is 24.2 Å². The van der Waals surface area contributed by atoms with Gasteiger partial charge >= 0.3 is 7.12 Å². The normalized spacial score (nSPS) is 21.4. The molecule has 5 heteroatoms. The Bertz CT molecular complexity index is 449. The molecule has 1 aromatic carbocycles. The SMILES string of the molecule is Cc1cc(B2OC(C)(C)C(C)(C)O2)cc(Cl)c1F. The van der Waals surface area contributed by atoms with Gasteiger partial charge < -0.3 is 9.31 Å². The summed E-state index contributed by atoms with van der Waals surface area (Å²) in [6.07, 6.45) is 0. The van der Waals surface area contributed by atoms with Crippen LogP contribution in [0.15, 0.2) is 12.1 Å². The first-order valence-electron chi connectivity index (χ1n) is 5.95. The summed E-state index contributed by atoms with van der Waals surface area (Å²) in [5, 5.41) is 0.0970. The Morgan fingerprint density at radius 1 is 1.11 bits per heavy atom. The molecule has 18 heavy (non-hydrogen) atoms. The lowest BCUT2D eigenvalue weighted by Crippen LogP contribution is -2.41. The first-order valence-corrected chi connectivity index (χ1v) is 6.33. The highest BCUT2D eigenvalue weighted by molar-refractivity contribution is 6.62. The Hall–Kier alpha value is -0.575. The van der Waals surface area contributed by atoms with E-state index in [1.807, 2.05) is 27.7 Å². The van der Waals surface area contributed by atoms with Crippen molar-refractivity contribution in [1.82, 2.24) is 0 Å². The van der Waals surface area contributed by atoms with Gasteiger partial charge in [0.15, 0.2) is 0 Å². The zero-order chi connectivity index (χ0) is 13.7. The van der Waals surface area contributed by atoms with Crippen LogP contribution in [0, 0.1) is 12.7 Å². The van der Waals surface area contributed by atoms with Crippen molar-refractivity contribution in [2.24, 2.45) is 0 Å². The van der Waals surface area contributed by atoms with E-state index in [0.717, 1.165) is 5.46 Å². The van der Waals surface area contributed by atoms with E-state index in [1.165, 1.54) is 0 Å². The molecule has 0 unspecified atom stereocenters. The Morgan fingerprint density at radius 2 is 1.61 bits per heavy atom. The van der Waals surface area contributed by atoms with Crippen LogP contribution in [0.4, 0.5) is 4.39 Å². The molecule has 0 aromatic heterocycles. The largest absolute Gasteiger partial charge is 0.494 e. The predicted molar refractivity (Wildman–Crippen MR) is 71.9 cm³/mol. The highest BCUT2D eigenvalue weighted by Crippen LogP contribution is 2.36. The molecule has 2 rings (SSSR count). The van der Waals surface area contributed by atoms with Crippen LogP contribution in [0.1, 0.15) is 33.3 Å². The first kappa shape index (κ1) is 13.8. The summed E-state index contributed by atoms with van der Waals surface area (Å²) < 4.78 is 25.3. The summed E-state index contributed by atoms with van der Waals surface area (Å²) in [5.41, 5.74) is 0.420. The van der Waals surface area contributed by atoms with E-state index in [0.29, 0.717) is 5.56 Å². The molecule has 0 saturated carbocycles. The predicted octanol–water partition coefficient (Wildman–Crippen LogP) is 3.09. The summed E-state index contributed by atoms with van der Waals surface area (Å²) in [7, 11) is -0.508. The summed E-state index contributed by atoms with van der Waals surface area (Å²) in [4.78, 5) is 0. The van der Waals surface area contributed by atoms with Gasteiger partial charge in [-0.25, -0.2) is 4.39 Å². The van der Waals surface area contributed by atoms with Crippen LogP contribution in [-0.4, -0.2) is 18.3 Å². The third-order valence-electron chi connectivity index (χ3n) is 3.76. The maximum Gasteiger partial charge on any atom is 0.494 e. The van der Waals surface area contributed by atoms with Crippen molar-refractivity contribution in [3.8, 4) is 0 Å². The van der Waals surface area contributed by atoms with E-state index in [-0.39, 0.29) is 5.02 Å². The van der Waals surface area contributed by atoms with Gasteiger partial charge in [-0.15, -0.1) is 0 Å². The molecule has 1 fully saturated rings. The van der Waals surface area contributed by atoms with E-state index < -0.39 is 24.1 Å². The van der Waals surface area contributed by atoms with Gasteiger partial charge in [-0.2, -0.15) is 0 Å². The van der Waals surface area contributed by atoms with Crippen LogP contribution in [-0.2, 0) is 9.31 Å². The maximum atomic E-state index is 13.5. The average Bonchev–Trinajstić information content (AvgIpc) is 2.44. The fourth-order valence-electron chi connectivity index (χ4n) is 1.87. The van der Waals surface area contributed by atoms with Gasteiger partial charge in [-0.05, 0) is 51.7 Å². The van der Waals surface area contributed by atoms with Crippen molar-refractivity contribution in [1.29, 1.82) is 0 Å². The van der Waals surface area contributed by atoms with Gasteiger partial charge in [0, 0.05) is 0 Å². The second kappa shape index (κ2) is 4.22. The molecule has 0 bridgehead atoms. The lowest BCUT2D eigenvalue weighted by Gasteiger charge is -2.32. The van der Waals surface area contributed by atoms with Gasteiger partial charge in [-0.1, -0.05) is 17.7 Å². The van der Waals surface area contributed by atoms with Gasteiger partial charge in [-0.3, -0.25) is 0 Å². The highest BCUT2D eigenvalue weighted by atomic mass is 35.5. The minimum atomic E-state index is -0.508. The van der Waals surface area contributed by atoms with Crippen molar-refractivity contribution in [2.75, 3.05) is 0 Å². The Labute approximate surface area is 113 Å². The molecular weight excluding hydrogens is 253 g/mol. The number of halogens is 2. The topological polar surface area (TPSA) is 18.5 Å². The monoisotopic (exact) mass is 270 g/mol. The molecule has 0 spiro atoms. The lowest BCUT2D eigenvalue weighted by molar-refractivity contribution is 0.00578. The molecule has 0 N–H and O–H groups in total. The second-order valence-corrected chi connectivity index (χ2v) is 6.13. The molecule has 0 radical (unpaired) electrons. The van der Waals surface area contributed by atoms with E-state index in [2.05, 4.69) is 0 Å². The molecule has 0 aliphatic carbocycles. The molecule has 1 saturated heterocycles. The molecule has 98 valence electrons. The molecule has 2 nitrogen and oxygen atoms in total. The summed E-state index contributed by atoms with van der Waals surface area (Å²) in [6, 6.07) is 3.27. The van der Waals surface area contributed by atoms with Crippen molar-refractivity contribution in [2.45, 2.75) is 45.8 Å². The van der Waals surface area contributed by atoms with E-state index in [4.69, 9.17) is 20.9 Å². The quantitative estimate of drug-likeness (QED) is 0.730. The second-order valence-electron chi connectivity index (χ2n) is 5.72. The number of benzene rings is 1. The highest BCUT2D eigenvalue weighted by Gasteiger charge is 2.51. The lowest BCUT2D eigenvalue weighted by atomic mass is 9.78. The summed E-state index contributed by atoms with van der Waals surface area (Å²) >= 11 is 5.85. The van der Waals surface area contributed by atoms with Gasteiger partial charge in [0.2, 0.25) is 0 Å². The van der Waals surface area contributed by atoms with Crippen LogP contribution < -0.4 is 5.46 Å². The number of aryl methyl sites for hydroxylation is 1. The van der Waals surface area contributed by atoms with Crippen LogP contribution in [0.25, 0.3) is 0 Å². The Morgan fingerprint density at radius 3 is 2.06 bits per heavy atom. The van der Waals surface area contributed by atoms with Crippen molar-refractivity contribution < 1.29 is 13.7 Å². The van der Waals surface area contributed by atoms with E-state index in [9.17, 15) is 4.39 Å². The zero-order valence-corrected chi connectivity index (χ0v) is 12.1. The van der Waals surface area contributed by atoms with Gasteiger partial charge in [0.1, 0.15) is 5.82 Å². The molecule has 1 heterocycles. The standard InChI is InChI=1S/C13H17BClFO2/c1-8-6-9(7-10(15)11(8)16)14-17-12(2,3)13(4,5)18-14/h6-7H,1-5H3. The fraction of sp³-hybridized carbons (Fsp3) is 0.538. The zero-order valence-electron chi connectivity index (χ0n) is 11.3. The van der Waals surface area contributed by atoms with Crippen LogP contribution in [0.5, 0.6) is 0 Å². The molecule has 1 aliphatic rings. The van der Waals surface area contributed by atoms with E-state index >= 15 is 0 Å². The summed E-state index contributed by atoms with van der Waals surface area (Å²) in [6.45, 7) is 9.59. The summed E-state index contributed by atoms with van der Waals surface area (Å²) in [5.74, 6) is -0.392. The first-order chi connectivity index (χ1) is 8.14. The maximum absolute atomic E-state index is 13.5. The number of hydrogen-bond donors (Lipinski definition) is 0. The minimum absolute atomic E-state index is 0.0970. The third-order valence-corrected chi connectivity index (χ3v) is 4.03. The number of hydrogen-bond acceptors (Lipinski definition) is 2. The van der Waals surface area contributed by atoms with Crippen molar-refractivity contribution in [3.05, 3.63) is 28.5 Å². The molecule has 1 aromatic rings. The van der Waals surface area contributed by atoms with Crippen LogP contribution in [0.3, 0.4) is 0 Å². The van der Waals surface area contributed by atoms with Gasteiger partial charge in [0.25, 0.3) is 0 Å². The molecule has 1 aliphatic heterocycles. The average molecular weight is 271 g/mol. The molecule has 0 atom stereocenters. The number of rotatable bonds is 1. The van der Waals surface area contributed by atoms with Crippen molar-refractivity contribution in [3.63, 3.8) is 0 Å². The minimum Gasteiger partial charge on any atom is -0.399 e. The van der Waals surface area contributed by atoms with Gasteiger partial charge in [0.05, 0.1) is 16.2 Å². The Kier molecular flexibility index (Phi) is 3.25. The van der Waals surface area contributed by atoms with E-state index in [1.54, 1.807) is 19.1 Å². The molecule has 0 amide bonds. The van der Waals surface area contributed by atoms with Crippen LogP contribution in [0.2, 0.25) is 5.02 Å².